The molecular formula is C13H15BrO4. The number of rotatable bonds is 6. The Kier molecular flexibility index (Phi) is 5.88. The molecule has 4 nitrogen and oxygen atoms in total. The lowest BCUT2D eigenvalue weighted by Crippen LogP contribution is -2.25. The topological polar surface area (TPSA) is 55.8 Å². The minimum absolute atomic E-state index is 0.0555. The molecule has 1 rings (SSSR count). The minimum Gasteiger partial charge on any atom is -0.491 e. The molecule has 0 heterocycles. The Bertz CT molecular complexity index is 431. The number of hydrogen-bond donors (Lipinski definition) is 1. The van der Waals surface area contributed by atoms with Crippen molar-refractivity contribution in [2.45, 2.75) is 13.0 Å². The third-order valence-electron chi connectivity index (χ3n) is 1.99. The van der Waals surface area contributed by atoms with Crippen LogP contribution in [0, 0.1) is 0 Å². The Balaban J connectivity index is 2.31. The number of carbonyl (C=O) groups is 1. The maximum absolute atomic E-state index is 11.1. The molecule has 1 aromatic carbocycles. The summed E-state index contributed by atoms with van der Waals surface area (Å²) in [6.07, 6.45) is -0.868. The molecular weight excluding hydrogens is 300 g/mol. The molecule has 5 heteroatoms. The van der Waals surface area contributed by atoms with Gasteiger partial charge in [-0.25, -0.2) is 4.79 Å². The predicted octanol–water partition coefficient (Wildman–Crippen LogP) is 2.31. The van der Waals surface area contributed by atoms with Crippen LogP contribution in [0.1, 0.15) is 6.92 Å². The van der Waals surface area contributed by atoms with E-state index < -0.39 is 12.1 Å². The molecule has 0 spiro atoms. The molecule has 0 fully saturated rings. The van der Waals surface area contributed by atoms with Gasteiger partial charge in [0.1, 0.15) is 25.1 Å². The first kappa shape index (κ1) is 14.7. The van der Waals surface area contributed by atoms with Crippen molar-refractivity contribution in [1.29, 1.82) is 0 Å². The Labute approximate surface area is 114 Å². The first-order valence-electron chi connectivity index (χ1n) is 5.38. The smallest absolute Gasteiger partial charge is 0.333 e. The molecule has 0 aromatic heterocycles. The maximum Gasteiger partial charge on any atom is 0.333 e. The van der Waals surface area contributed by atoms with Crippen LogP contribution in [0.15, 0.2) is 40.9 Å². The molecule has 0 bridgehead atoms. The van der Waals surface area contributed by atoms with Gasteiger partial charge in [0, 0.05) is 10.0 Å². The van der Waals surface area contributed by atoms with Crippen LogP contribution in [0.4, 0.5) is 0 Å². The van der Waals surface area contributed by atoms with E-state index in [2.05, 4.69) is 22.5 Å². The summed E-state index contributed by atoms with van der Waals surface area (Å²) in [6.45, 7) is 4.94. The summed E-state index contributed by atoms with van der Waals surface area (Å²) >= 11 is 3.31. The SMILES string of the molecule is C=C(C)C(=O)OCC(O)COc1cccc(Br)c1. The van der Waals surface area contributed by atoms with Crippen LogP contribution in [-0.2, 0) is 9.53 Å². The predicted molar refractivity (Wildman–Crippen MR) is 71.4 cm³/mol. The largest absolute Gasteiger partial charge is 0.491 e. The van der Waals surface area contributed by atoms with Gasteiger partial charge < -0.3 is 14.6 Å². The lowest BCUT2D eigenvalue weighted by Gasteiger charge is -2.12. The standard InChI is InChI=1S/C13H15BrO4/c1-9(2)13(16)18-8-11(15)7-17-12-5-3-4-10(14)6-12/h3-6,11,15H,1,7-8H2,2H3. The highest BCUT2D eigenvalue weighted by molar-refractivity contribution is 9.10. The fraction of sp³-hybridized carbons (Fsp3) is 0.308. The number of aliphatic hydroxyl groups excluding tert-OH is 1. The van der Waals surface area contributed by atoms with E-state index in [1.54, 1.807) is 19.1 Å². The summed E-state index contributed by atoms with van der Waals surface area (Å²) in [6, 6.07) is 7.26. The van der Waals surface area contributed by atoms with Gasteiger partial charge in [-0.05, 0) is 25.1 Å². The van der Waals surface area contributed by atoms with Crippen LogP contribution in [-0.4, -0.2) is 30.4 Å². The van der Waals surface area contributed by atoms with Crippen molar-refractivity contribution in [3.63, 3.8) is 0 Å². The third kappa shape index (κ3) is 5.33. The zero-order chi connectivity index (χ0) is 13.5. The monoisotopic (exact) mass is 314 g/mol. The van der Waals surface area contributed by atoms with Crippen molar-refractivity contribution in [3.05, 3.63) is 40.9 Å². The molecule has 0 aliphatic rings. The zero-order valence-corrected chi connectivity index (χ0v) is 11.6. The van der Waals surface area contributed by atoms with E-state index in [1.165, 1.54) is 0 Å². The molecule has 0 saturated heterocycles. The summed E-state index contributed by atoms with van der Waals surface area (Å²) in [7, 11) is 0. The van der Waals surface area contributed by atoms with Crippen LogP contribution in [0.2, 0.25) is 0 Å². The van der Waals surface area contributed by atoms with E-state index in [4.69, 9.17) is 9.47 Å². The summed E-state index contributed by atoms with van der Waals surface area (Å²) in [5.41, 5.74) is 0.301. The van der Waals surface area contributed by atoms with E-state index >= 15 is 0 Å². The van der Waals surface area contributed by atoms with Gasteiger partial charge in [0.25, 0.3) is 0 Å². The highest BCUT2D eigenvalue weighted by Crippen LogP contribution is 2.17. The molecule has 98 valence electrons. The van der Waals surface area contributed by atoms with Gasteiger partial charge in [-0.1, -0.05) is 28.6 Å². The maximum atomic E-state index is 11.1. The summed E-state index contributed by atoms with van der Waals surface area (Å²) in [4.78, 5) is 11.1. The van der Waals surface area contributed by atoms with E-state index in [0.717, 1.165) is 4.47 Å². The van der Waals surface area contributed by atoms with Crippen LogP contribution < -0.4 is 4.74 Å². The highest BCUT2D eigenvalue weighted by Gasteiger charge is 2.10. The molecule has 1 N–H and O–H groups in total. The number of carbonyl (C=O) groups excluding carboxylic acids is 1. The first-order chi connectivity index (χ1) is 8.49. The molecule has 0 amide bonds. The van der Waals surface area contributed by atoms with Crippen LogP contribution in [0.25, 0.3) is 0 Å². The number of halogens is 1. The molecule has 0 aliphatic carbocycles. The van der Waals surface area contributed by atoms with Gasteiger partial charge in [0.2, 0.25) is 0 Å². The Hall–Kier alpha value is -1.33. The number of aliphatic hydroxyl groups is 1. The van der Waals surface area contributed by atoms with Crippen molar-refractivity contribution < 1.29 is 19.4 Å². The highest BCUT2D eigenvalue weighted by atomic mass is 79.9. The van der Waals surface area contributed by atoms with Gasteiger partial charge >= 0.3 is 5.97 Å². The molecule has 0 saturated carbocycles. The van der Waals surface area contributed by atoms with E-state index in [0.29, 0.717) is 11.3 Å². The van der Waals surface area contributed by atoms with Crippen molar-refractivity contribution in [3.8, 4) is 5.75 Å². The average molecular weight is 315 g/mol. The number of benzene rings is 1. The van der Waals surface area contributed by atoms with E-state index in [1.807, 2.05) is 12.1 Å². The molecule has 0 aliphatic heterocycles. The van der Waals surface area contributed by atoms with Crippen molar-refractivity contribution in [2.24, 2.45) is 0 Å². The first-order valence-corrected chi connectivity index (χ1v) is 6.17. The number of hydrogen-bond acceptors (Lipinski definition) is 4. The zero-order valence-electron chi connectivity index (χ0n) is 10.1. The average Bonchev–Trinajstić information content (AvgIpc) is 2.33. The van der Waals surface area contributed by atoms with Crippen molar-refractivity contribution in [2.75, 3.05) is 13.2 Å². The summed E-state index contributed by atoms with van der Waals surface area (Å²) in [5, 5.41) is 9.57. The van der Waals surface area contributed by atoms with E-state index in [9.17, 15) is 9.90 Å². The normalized spacial score (nSPS) is 11.7. The van der Waals surface area contributed by atoms with Crippen molar-refractivity contribution in [1.82, 2.24) is 0 Å². The lowest BCUT2D eigenvalue weighted by molar-refractivity contribution is -0.142. The summed E-state index contributed by atoms with van der Waals surface area (Å²) < 4.78 is 11.0. The van der Waals surface area contributed by atoms with Gasteiger partial charge in [0.05, 0.1) is 0 Å². The quantitative estimate of drug-likeness (QED) is 0.646. The lowest BCUT2D eigenvalue weighted by atomic mass is 10.3. The third-order valence-corrected chi connectivity index (χ3v) is 2.49. The van der Waals surface area contributed by atoms with Crippen molar-refractivity contribution >= 4 is 21.9 Å². The van der Waals surface area contributed by atoms with Gasteiger partial charge in [-0.2, -0.15) is 0 Å². The van der Waals surface area contributed by atoms with Crippen LogP contribution in [0.5, 0.6) is 5.75 Å². The van der Waals surface area contributed by atoms with Crippen LogP contribution >= 0.6 is 15.9 Å². The molecule has 1 unspecified atom stereocenters. The van der Waals surface area contributed by atoms with Gasteiger partial charge in [-0.3, -0.25) is 0 Å². The Morgan fingerprint density at radius 1 is 1.50 bits per heavy atom. The molecule has 1 aromatic rings. The molecule has 0 radical (unpaired) electrons. The second-order valence-electron chi connectivity index (χ2n) is 3.80. The second kappa shape index (κ2) is 7.18. The minimum atomic E-state index is -0.868. The fourth-order valence-corrected chi connectivity index (χ4v) is 1.47. The van der Waals surface area contributed by atoms with Crippen LogP contribution in [0.3, 0.4) is 0 Å². The number of ether oxygens (including phenoxy) is 2. The van der Waals surface area contributed by atoms with E-state index in [-0.39, 0.29) is 13.2 Å². The van der Waals surface area contributed by atoms with Gasteiger partial charge in [0.15, 0.2) is 0 Å². The number of esters is 1. The fourth-order valence-electron chi connectivity index (χ4n) is 1.09. The molecule has 1 atom stereocenters. The Morgan fingerprint density at radius 2 is 2.22 bits per heavy atom. The Morgan fingerprint density at radius 3 is 2.83 bits per heavy atom. The molecule has 18 heavy (non-hydrogen) atoms. The summed E-state index contributed by atoms with van der Waals surface area (Å²) in [5.74, 6) is 0.117. The second-order valence-corrected chi connectivity index (χ2v) is 4.72. The van der Waals surface area contributed by atoms with Gasteiger partial charge in [-0.15, -0.1) is 0 Å².